The fourth-order valence-electron chi connectivity index (χ4n) is 4.58. The van der Waals surface area contributed by atoms with Crippen LogP contribution in [0.3, 0.4) is 0 Å². The molecule has 0 spiro atoms. The first-order chi connectivity index (χ1) is 5.93. The zero-order valence-corrected chi connectivity index (χ0v) is 6.85. The van der Waals surface area contributed by atoms with Gasteiger partial charge in [0.05, 0.1) is 24.4 Å². The monoisotopic (exact) mass is 164 g/mol. The third-order valence-corrected chi connectivity index (χ3v) is 4.99. The molecule has 12 heavy (non-hydrogen) atoms. The Hall–Kier alpha value is -0.0800. The standard InChI is InChI=1S/C10H12O2/c1-4-3-2-6-10(11-6)7(3)5(1)9-8(4)12-9/h3-10H,1-2H2/t3-,4-,5+,6-,7-,8-,9+,10+/m1/s1. The number of hydrogen-bond acceptors (Lipinski definition) is 2. The van der Waals surface area contributed by atoms with Crippen LogP contribution in [0.4, 0.5) is 0 Å². The van der Waals surface area contributed by atoms with Gasteiger partial charge in [-0.15, -0.1) is 0 Å². The summed E-state index contributed by atoms with van der Waals surface area (Å²) in [5.74, 6) is 3.77. The highest BCUT2D eigenvalue weighted by Crippen LogP contribution is 2.69. The summed E-state index contributed by atoms with van der Waals surface area (Å²) in [4.78, 5) is 0. The van der Waals surface area contributed by atoms with Gasteiger partial charge < -0.3 is 9.47 Å². The maximum Gasteiger partial charge on any atom is 0.0876 e. The second-order valence-corrected chi connectivity index (χ2v) is 5.24. The molecule has 5 aliphatic rings. The SMILES string of the molecule is C1[C@@H]2[C@H]3C[C@H]4O[C@@H]4[C@H]3[C@H]1[C@@H]1O[C@H]21. The first kappa shape index (κ1) is 5.61. The van der Waals surface area contributed by atoms with Crippen LogP contribution in [-0.2, 0) is 9.47 Å². The lowest BCUT2D eigenvalue weighted by Crippen LogP contribution is -2.27. The molecule has 2 saturated heterocycles. The molecular weight excluding hydrogens is 152 g/mol. The highest BCUT2D eigenvalue weighted by molar-refractivity contribution is 5.21. The Kier molecular flexibility index (Phi) is 0.644. The third-order valence-electron chi connectivity index (χ3n) is 4.99. The number of rotatable bonds is 0. The van der Waals surface area contributed by atoms with Gasteiger partial charge in [0.15, 0.2) is 0 Å². The topological polar surface area (TPSA) is 25.1 Å². The van der Waals surface area contributed by atoms with Gasteiger partial charge in [-0.25, -0.2) is 0 Å². The van der Waals surface area contributed by atoms with Crippen molar-refractivity contribution in [2.24, 2.45) is 23.7 Å². The van der Waals surface area contributed by atoms with Gasteiger partial charge in [0.2, 0.25) is 0 Å². The molecule has 2 nitrogen and oxygen atoms in total. The van der Waals surface area contributed by atoms with E-state index in [9.17, 15) is 0 Å². The molecule has 0 aromatic rings. The Balaban J connectivity index is 1.66. The third kappa shape index (κ3) is 0.409. The van der Waals surface area contributed by atoms with Gasteiger partial charge in [0.1, 0.15) is 0 Å². The molecule has 64 valence electrons. The predicted molar refractivity (Wildman–Crippen MR) is 40.5 cm³/mol. The van der Waals surface area contributed by atoms with Gasteiger partial charge in [0.25, 0.3) is 0 Å². The lowest BCUT2D eigenvalue weighted by Gasteiger charge is -2.22. The lowest BCUT2D eigenvalue weighted by molar-refractivity contribution is 0.162. The Morgan fingerprint density at radius 2 is 1.67 bits per heavy atom. The molecule has 2 heteroatoms. The quantitative estimate of drug-likeness (QED) is 0.495. The summed E-state index contributed by atoms with van der Waals surface area (Å²) >= 11 is 0. The molecule has 2 heterocycles. The molecule has 5 rings (SSSR count). The largest absolute Gasteiger partial charge is 0.369 e. The first-order valence-electron chi connectivity index (χ1n) is 5.24. The zero-order chi connectivity index (χ0) is 7.45. The molecule has 0 amide bonds. The van der Waals surface area contributed by atoms with Crippen molar-refractivity contribution in [1.82, 2.24) is 0 Å². The first-order valence-corrected chi connectivity index (χ1v) is 5.24. The van der Waals surface area contributed by atoms with Crippen LogP contribution < -0.4 is 0 Å². The zero-order valence-electron chi connectivity index (χ0n) is 6.85. The van der Waals surface area contributed by atoms with Crippen molar-refractivity contribution in [2.45, 2.75) is 37.3 Å². The van der Waals surface area contributed by atoms with Crippen LogP contribution in [0.25, 0.3) is 0 Å². The van der Waals surface area contributed by atoms with Crippen LogP contribution in [0.15, 0.2) is 0 Å². The van der Waals surface area contributed by atoms with Gasteiger partial charge in [-0.2, -0.15) is 0 Å². The molecule has 0 aromatic carbocycles. The molecule has 2 aliphatic heterocycles. The van der Waals surface area contributed by atoms with Crippen molar-refractivity contribution in [2.75, 3.05) is 0 Å². The second-order valence-electron chi connectivity index (χ2n) is 5.24. The van der Waals surface area contributed by atoms with Crippen molar-refractivity contribution in [1.29, 1.82) is 0 Å². The van der Waals surface area contributed by atoms with Crippen LogP contribution in [0.2, 0.25) is 0 Å². The molecule has 2 bridgehead atoms. The fraction of sp³-hybridized carbons (Fsp3) is 1.00. The average Bonchev–Trinajstić information content (AvgIpc) is 2.92. The number of fused-ring (bicyclic) bond motifs is 10. The Morgan fingerprint density at radius 1 is 0.750 bits per heavy atom. The van der Waals surface area contributed by atoms with E-state index >= 15 is 0 Å². The van der Waals surface area contributed by atoms with Gasteiger partial charge in [-0.1, -0.05) is 0 Å². The average molecular weight is 164 g/mol. The Bertz CT molecular complexity index is 273. The van der Waals surface area contributed by atoms with Crippen molar-refractivity contribution in [3.05, 3.63) is 0 Å². The van der Waals surface area contributed by atoms with E-state index in [1.165, 1.54) is 12.8 Å². The minimum atomic E-state index is 0.676. The van der Waals surface area contributed by atoms with Crippen molar-refractivity contribution in [3.63, 3.8) is 0 Å². The van der Waals surface area contributed by atoms with Crippen molar-refractivity contribution < 1.29 is 9.47 Å². The van der Waals surface area contributed by atoms with Crippen LogP contribution in [0.5, 0.6) is 0 Å². The lowest BCUT2D eigenvalue weighted by atomic mass is 9.81. The molecular formula is C10H12O2. The number of epoxide rings is 2. The minimum absolute atomic E-state index is 0.676. The van der Waals surface area contributed by atoms with E-state index in [1.807, 2.05) is 0 Å². The van der Waals surface area contributed by atoms with Gasteiger partial charge in [0, 0.05) is 0 Å². The number of ether oxygens (including phenoxy) is 2. The molecule has 3 aliphatic carbocycles. The summed E-state index contributed by atoms with van der Waals surface area (Å²) in [5.41, 5.74) is 0. The van der Waals surface area contributed by atoms with E-state index in [2.05, 4.69) is 0 Å². The van der Waals surface area contributed by atoms with E-state index in [0.29, 0.717) is 24.4 Å². The van der Waals surface area contributed by atoms with E-state index in [4.69, 9.17) is 9.47 Å². The Morgan fingerprint density at radius 3 is 2.67 bits per heavy atom. The summed E-state index contributed by atoms with van der Waals surface area (Å²) in [5, 5.41) is 0. The number of hydrogen-bond donors (Lipinski definition) is 0. The second kappa shape index (κ2) is 1.38. The van der Waals surface area contributed by atoms with Crippen LogP contribution in [-0.4, -0.2) is 24.4 Å². The minimum Gasteiger partial charge on any atom is -0.369 e. The van der Waals surface area contributed by atoms with E-state index in [1.54, 1.807) is 0 Å². The van der Waals surface area contributed by atoms with Crippen LogP contribution in [0.1, 0.15) is 12.8 Å². The van der Waals surface area contributed by atoms with Crippen molar-refractivity contribution >= 4 is 0 Å². The molecule has 3 saturated carbocycles. The highest BCUT2D eigenvalue weighted by atomic mass is 16.6. The van der Waals surface area contributed by atoms with Gasteiger partial charge >= 0.3 is 0 Å². The highest BCUT2D eigenvalue weighted by Gasteiger charge is 2.74. The molecule has 8 atom stereocenters. The smallest absolute Gasteiger partial charge is 0.0876 e. The summed E-state index contributed by atoms with van der Waals surface area (Å²) in [6, 6.07) is 0. The van der Waals surface area contributed by atoms with Crippen molar-refractivity contribution in [3.8, 4) is 0 Å². The molecule has 5 fully saturated rings. The molecule has 0 aromatic heterocycles. The predicted octanol–water partition coefficient (Wildman–Crippen LogP) is 0.807. The Labute approximate surface area is 71.2 Å². The summed E-state index contributed by atoms with van der Waals surface area (Å²) in [7, 11) is 0. The summed E-state index contributed by atoms with van der Waals surface area (Å²) in [6.45, 7) is 0. The maximum atomic E-state index is 5.69. The fourth-order valence-corrected chi connectivity index (χ4v) is 4.58. The normalized spacial score (nSPS) is 80.0. The molecule has 0 radical (unpaired) electrons. The van der Waals surface area contributed by atoms with E-state index in [-0.39, 0.29) is 0 Å². The van der Waals surface area contributed by atoms with Gasteiger partial charge in [-0.05, 0) is 36.5 Å². The summed E-state index contributed by atoms with van der Waals surface area (Å²) < 4.78 is 11.3. The van der Waals surface area contributed by atoms with Crippen LogP contribution >= 0.6 is 0 Å². The van der Waals surface area contributed by atoms with E-state index in [0.717, 1.165) is 23.7 Å². The molecule has 0 unspecified atom stereocenters. The van der Waals surface area contributed by atoms with Gasteiger partial charge in [-0.3, -0.25) is 0 Å². The molecule has 0 N–H and O–H groups in total. The van der Waals surface area contributed by atoms with E-state index < -0.39 is 0 Å². The van der Waals surface area contributed by atoms with Crippen LogP contribution in [0, 0.1) is 23.7 Å². The maximum absolute atomic E-state index is 5.69. The summed E-state index contributed by atoms with van der Waals surface area (Å²) in [6.07, 6.45) is 5.58.